The molecule has 1 saturated heterocycles. The number of carbonyl (C=O) groups is 1. The fraction of sp³-hybridized carbons (Fsp3) is 0.273. The first-order chi connectivity index (χ1) is 15.2. The molecule has 0 unspecified atom stereocenters. The van der Waals surface area contributed by atoms with Crippen LogP contribution in [0, 0.1) is 0 Å². The number of hydrogen-bond donors (Lipinski definition) is 2. The number of rotatable bonds is 5. The molecule has 0 bridgehead atoms. The van der Waals surface area contributed by atoms with Crippen LogP contribution in [0.4, 0.5) is 18.9 Å². The van der Waals surface area contributed by atoms with Crippen LogP contribution in [0.2, 0.25) is 0 Å². The third-order valence-corrected chi connectivity index (χ3v) is 5.75. The van der Waals surface area contributed by atoms with Gasteiger partial charge in [0.1, 0.15) is 11.9 Å². The lowest BCUT2D eigenvalue weighted by Gasteiger charge is -2.18. The molecule has 1 aromatic heterocycles. The lowest BCUT2D eigenvalue weighted by Crippen LogP contribution is -2.20. The topological polar surface area (TPSA) is 68.2 Å². The molecular weight excluding hydrogens is 489 g/mol. The zero-order chi connectivity index (χ0) is 22.9. The fourth-order valence-electron chi connectivity index (χ4n) is 3.53. The molecule has 0 radical (unpaired) electrons. The smallest absolute Gasteiger partial charge is 0.416 e. The van der Waals surface area contributed by atoms with Gasteiger partial charge in [0.2, 0.25) is 0 Å². The molecule has 2 N–H and O–H groups in total. The van der Waals surface area contributed by atoms with Crippen molar-refractivity contribution in [2.75, 3.05) is 18.4 Å². The third-order valence-electron chi connectivity index (χ3n) is 5.17. The summed E-state index contributed by atoms with van der Waals surface area (Å²) in [4.78, 5) is 12.6. The van der Waals surface area contributed by atoms with Crippen molar-refractivity contribution in [2.24, 2.45) is 7.05 Å². The summed E-state index contributed by atoms with van der Waals surface area (Å²) in [5, 5.41) is 10.3. The van der Waals surface area contributed by atoms with Gasteiger partial charge in [-0.05, 0) is 71.4 Å². The number of anilines is 1. The van der Waals surface area contributed by atoms with E-state index in [-0.39, 0.29) is 11.7 Å². The van der Waals surface area contributed by atoms with Crippen molar-refractivity contribution in [1.29, 1.82) is 0 Å². The van der Waals surface area contributed by atoms with Crippen molar-refractivity contribution in [3.63, 3.8) is 0 Å². The van der Waals surface area contributed by atoms with Crippen molar-refractivity contribution < 1.29 is 22.7 Å². The van der Waals surface area contributed by atoms with Crippen LogP contribution < -0.4 is 15.4 Å². The summed E-state index contributed by atoms with van der Waals surface area (Å²) >= 11 is 3.51. The Balaban J connectivity index is 1.61. The maximum Gasteiger partial charge on any atom is 0.416 e. The molecule has 1 amide bonds. The van der Waals surface area contributed by atoms with Crippen LogP contribution in [0.25, 0.3) is 11.3 Å². The SMILES string of the molecule is Cn1ncc(Br)c1-c1cc(NC(=O)c2ccc(C(F)(F)F)cc2)ccc1O[C@@H]1CCNC1. The van der Waals surface area contributed by atoms with E-state index in [9.17, 15) is 18.0 Å². The van der Waals surface area contributed by atoms with Gasteiger partial charge in [-0.1, -0.05) is 0 Å². The van der Waals surface area contributed by atoms with Crippen LogP contribution in [0.5, 0.6) is 5.75 Å². The molecule has 32 heavy (non-hydrogen) atoms. The van der Waals surface area contributed by atoms with Crippen molar-refractivity contribution in [3.8, 4) is 17.0 Å². The number of halogens is 4. The van der Waals surface area contributed by atoms with Crippen LogP contribution in [0.3, 0.4) is 0 Å². The summed E-state index contributed by atoms with van der Waals surface area (Å²) in [5.74, 6) is 0.137. The number of aromatic nitrogens is 2. The second-order valence-electron chi connectivity index (χ2n) is 7.44. The fourth-order valence-corrected chi connectivity index (χ4v) is 4.09. The van der Waals surface area contributed by atoms with E-state index in [2.05, 4.69) is 31.7 Å². The molecule has 3 aromatic rings. The van der Waals surface area contributed by atoms with Gasteiger partial charge in [-0.3, -0.25) is 9.48 Å². The van der Waals surface area contributed by atoms with Crippen molar-refractivity contribution in [3.05, 3.63) is 64.3 Å². The molecule has 0 saturated carbocycles. The van der Waals surface area contributed by atoms with E-state index in [1.54, 1.807) is 36.1 Å². The first-order valence-electron chi connectivity index (χ1n) is 9.90. The number of nitrogens with zero attached hydrogens (tertiary/aromatic N) is 2. The third kappa shape index (κ3) is 4.81. The van der Waals surface area contributed by atoms with E-state index >= 15 is 0 Å². The minimum absolute atomic E-state index is 0.0355. The average molecular weight is 509 g/mol. The van der Waals surface area contributed by atoms with Crippen molar-refractivity contribution >= 4 is 27.5 Å². The minimum atomic E-state index is -4.45. The van der Waals surface area contributed by atoms with Crippen LogP contribution in [-0.4, -0.2) is 34.9 Å². The van der Waals surface area contributed by atoms with Gasteiger partial charge in [0, 0.05) is 30.4 Å². The predicted octanol–water partition coefficient (Wildman–Crippen LogP) is 4.86. The van der Waals surface area contributed by atoms with E-state index in [1.165, 1.54) is 0 Å². The Morgan fingerprint density at radius 1 is 1.25 bits per heavy atom. The maximum atomic E-state index is 12.8. The predicted molar refractivity (Wildman–Crippen MR) is 118 cm³/mol. The first-order valence-corrected chi connectivity index (χ1v) is 10.7. The number of ether oxygens (including phenoxy) is 1. The molecule has 10 heteroatoms. The Bertz CT molecular complexity index is 1100. The molecular formula is C22H20BrF3N4O2. The number of benzene rings is 2. The summed E-state index contributed by atoms with van der Waals surface area (Å²) in [6.07, 6.45) is -1.86. The number of hydrogen-bond acceptors (Lipinski definition) is 4. The standard InChI is InChI=1S/C22H20BrF3N4O2/c1-30-20(18(23)12-28-30)17-10-15(6-7-19(17)32-16-8-9-27-11-16)29-21(31)13-2-4-14(5-3-13)22(24,25)26/h2-7,10,12,16,27H,8-9,11H2,1H3,(H,29,31)/t16-/m1/s1. The second-order valence-corrected chi connectivity index (χ2v) is 8.29. The van der Waals surface area contributed by atoms with E-state index in [0.717, 1.165) is 59.5 Å². The zero-order valence-corrected chi connectivity index (χ0v) is 18.6. The quantitative estimate of drug-likeness (QED) is 0.516. The van der Waals surface area contributed by atoms with Crippen LogP contribution >= 0.6 is 15.9 Å². The van der Waals surface area contributed by atoms with Crippen LogP contribution in [0.15, 0.2) is 53.1 Å². The van der Waals surface area contributed by atoms with E-state index in [4.69, 9.17) is 4.74 Å². The molecule has 2 heterocycles. The number of aryl methyl sites for hydroxylation is 1. The number of amides is 1. The first kappa shape index (κ1) is 22.3. The molecule has 0 spiro atoms. The Morgan fingerprint density at radius 3 is 2.59 bits per heavy atom. The molecule has 168 valence electrons. The molecule has 6 nitrogen and oxygen atoms in total. The molecule has 2 aromatic carbocycles. The van der Waals surface area contributed by atoms with Gasteiger partial charge in [-0.2, -0.15) is 18.3 Å². The monoisotopic (exact) mass is 508 g/mol. The second kappa shape index (κ2) is 8.95. The molecule has 1 aliphatic rings. The van der Waals surface area contributed by atoms with E-state index in [0.29, 0.717) is 11.4 Å². The zero-order valence-electron chi connectivity index (χ0n) is 17.0. The average Bonchev–Trinajstić information content (AvgIpc) is 3.38. The molecule has 1 atom stereocenters. The maximum absolute atomic E-state index is 12.8. The van der Waals surface area contributed by atoms with Gasteiger partial charge >= 0.3 is 6.18 Å². The molecule has 1 fully saturated rings. The van der Waals surface area contributed by atoms with Gasteiger partial charge in [0.05, 0.1) is 21.9 Å². The molecule has 1 aliphatic heterocycles. The lowest BCUT2D eigenvalue weighted by atomic mass is 10.1. The summed E-state index contributed by atoms with van der Waals surface area (Å²) in [7, 11) is 1.80. The number of carbonyl (C=O) groups excluding carboxylic acids is 1. The highest BCUT2D eigenvalue weighted by Gasteiger charge is 2.30. The van der Waals surface area contributed by atoms with Gasteiger partial charge in [-0.15, -0.1) is 0 Å². The summed E-state index contributed by atoms with van der Waals surface area (Å²) in [6.45, 7) is 1.63. The summed E-state index contributed by atoms with van der Waals surface area (Å²) < 4.78 is 46.9. The Hall–Kier alpha value is -2.85. The number of nitrogens with one attached hydrogen (secondary N) is 2. The highest BCUT2D eigenvalue weighted by Crippen LogP contribution is 2.37. The van der Waals surface area contributed by atoms with Crippen LogP contribution in [0.1, 0.15) is 22.3 Å². The highest BCUT2D eigenvalue weighted by molar-refractivity contribution is 9.10. The van der Waals surface area contributed by atoms with Gasteiger partial charge in [0.15, 0.2) is 0 Å². The largest absolute Gasteiger partial charge is 0.488 e. The van der Waals surface area contributed by atoms with E-state index in [1.807, 2.05) is 0 Å². The van der Waals surface area contributed by atoms with Gasteiger partial charge in [-0.25, -0.2) is 0 Å². The Morgan fingerprint density at radius 2 is 2.00 bits per heavy atom. The van der Waals surface area contributed by atoms with Crippen LogP contribution in [-0.2, 0) is 13.2 Å². The Kier molecular flexibility index (Phi) is 6.25. The van der Waals surface area contributed by atoms with Gasteiger partial charge < -0.3 is 15.4 Å². The molecule has 0 aliphatic carbocycles. The number of alkyl halides is 3. The summed E-state index contributed by atoms with van der Waals surface area (Å²) in [6, 6.07) is 9.33. The molecule has 4 rings (SSSR count). The van der Waals surface area contributed by atoms with Crippen molar-refractivity contribution in [2.45, 2.75) is 18.7 Å². The normalized spacial score (nSPS) is 16.2. The minimum Gasteiger partial charge on any atom is -0.488 e. The van der Waals surface area contributed by atoms with Crippen molar-refractivity contribution in [1.82, 2.24) is 15.1 Å². The lowest BCUT2D eigenvalue weighted by molar-refractivity contribution is -0.137. The highest BCUT2D eigenvalue weighted by atomic mass is 79.9. The van der Waals surface area contributed by atoms with E-state index < -0.39 is 17.6 Å². The summed E-state index contributed by atoms with van der Waals surface area (Å²) in [5.41, 5.74) is 1.30. The van der Waals surface area contributed by atoms with Gasteiger partial charge in [0.25, 0.3) is 5.91 Å². The Labute approximate surface area is 190 Å².